The Bertz CT molecular complexity index is 542. The summed E-state index contributed by atoms with van der Waals surface area (Å²) in [6, 6.07) is 7.62. The van der Waals surface area contributed by atoms with E-state index in [1.165, 1.54) is 0 Å². The molecule has 0 aliphatic heterocycles. The van der Waals surface area contributed by atoms with Crippen molar-refractivity contribution in [1.29, 1.82) is 0 Å². The Morgan fingerprint density at radius 3 is 2.55 bits per heavy atom. The summed E-state index contributed by atoms with van der Waals surface area (Å²) in [6.07, 6.45) is 7.49. The van der Waals surface area contributed by atoms with E-state index in [1.807, 2.05) is 44.2 Å². The van der Waals surface area contributed by atoms with Gasteiger partial charge < -0.3 is 16.0 Å². The quantitative estimate of drug-likeness (QED) is 0.715. The molecule has 1 rings (SSSR count). The number of allylic oxidation sites excluding steroid dienone is 1. The summed E-state index contributed by atoms with van der Waals surface area (Å²) in [7, 11) is 0. The molecule has 0 radical (unpaired) electrons. The fourth-order valence-electron chi connectivity index (χ4n) is 1.95. The number of hydrogen-bond donors (Lipinski definition) is 3. The molecule has 0 aliphatic carbocycles. The maximum absolute atomic E-state index is 11.8. The minimum atomic E-state index is -0.262. The topological polar surface area (TPSA) is 53.2 Å². The molecule has 1 aromatic rings. The highest BCUT2D eigenvalue weighted by atomic mass is 16.2. The molecular formula is C18H27N3O. The summed E-state index contributed by atoms with van der Waals surface area (Å²) in [4.78, 5) is 11.8. The normalized spacial score (nSPS) is 13.3. The maximum Gasteiger partial charge on any atom is 0.323 e. The number of aryl methyl sites for hydroxylation is 1. The molecule has 0 heterocycles. The number of urea groups is 1. The van der Waals surface area contributed by atoms with Crippen LogP contribution in [0, 0.1) is 12.3 Å². The van der Waals surface area contributed by atoms with Gasteiger partial charge in [0.05, 0.1) is 0 Å². The monoisotopic (exact) mass is 301 g/mol. The van der Waals surface area contributed by atoms with E-state index in [2.05, 4.69) is 42.8 Å². The Balaban J connectivity index is 2.46. The van der Waals surface area contributed by atoms with Crippen LogP contribution < -0.4 is 16.0 Å². The molecule has 0 saturated heterocycles. The zero-order chi connectivity index (χ0) is 16.6. The van der Waals surface area contributed by atoms with Crippen LogP contribution in [-0.4, -0.2) is 12.1 Å². The molecule has 1 unspecified atom stereocenters. The lowest BCUT2D eigenvalue weighted by molar-refractivity contribution is 0.255. The van der Waals surface area contributed by atoms with E-state index in [4.69, 9.17) is 0 Å². The number of anilines is 1. The van der Waals surface area contributed by atoms with E-state index >= 15 is 0 Å². The van der Waals surface area contributed by atoms with E-state index < -0.39 is 0 Å². The maximum atomic E-state index is 11.8. The Morgan fingerprint density at radius 2 is 1.95 bits per heavy atom. The van der Waals surface area contributed by atoms with E-state index in [9.17, 15) is 4.79 Å². The number of amides is 2. The molecule has 3 N–H and O–H groups in total. The molecule has 0 saturated carbocycles. The standard InChI is InChI=1S/C18H27N3O/c1-6-8-16(18(3,4)5)19-11-12-20-17(22)21-15-10-7-9-14(2)13-15/h6-13,16,19H,1-5H3,(H2,20,21,22)/b8-6-,12-11+. The summed E-state index contributed by atoms with van der Waals surface area (Å²) in [6.45, 7) is 10.5. The van der Waals surface area contributed by atoms with Gasteiger partial charge in [0, 0.05) is 24.1 Å². The summed E-state index contributed by atoms with van der Waals surface area (Å²) < 4.78 is 0. The van der Waals surface area contributed by atoms with Crippen LogP contribution >= 0.6 is 0 Å². The van der Waals surface area contributed by atoms with Crippen molar-refractivity contribution in [1.82, 2.24) is 10.6 Å². The van der Waals surface area contributed by atoms with Crippen LogP contribution in [0.5, 0.6) is 0 Å². The van der Waals surface area contributed by atoms with E-state index in [1.54, 1.807) is 12.4 Å². The molecule has 0 spiro atoms. The number of rotatable bonds is 5. The average molecular weight is 301 g/mol. The summed E-state index contributed by atoms with van der Waals surface area (Å²) in [5, 5.41) is 8.74. The fraction of sp³-hybridized carbons (Fsp3) is 0.389. The SMILES string of the molecule is C/C=C\C(N/C=C/NC(=O)Nc1cccc(C)c1)C(C)(C)C. The Morgan fingerprint density at radius 1 is 1.23 bits per heavy atom. The Hall–Kier alpha value is -2.23. The van der Waals surface area contributed by atoms with Crippen LogP contribution in [0.15, 0.2) is 48.8 Å². The molecular weight excluding hydrogens is 274 g/mol. The minimum absolute atomic E-state index is 0.0979. The van der Waals surface area contributed by atoms with Crippen LogP contribution in [0.2, 0.25) is 0 Å². The first-order chi connectivity index (χ1) is 10.3. The van der Waals surface area contributed by atoms with Gasteiger partial charge in [0.15, 0.2) is 0 Å². The molecule has 2 amide bonds. The van der Waals surface area contributed by atoms with Crippen molar-refractivity contribution in [2.45, 2.75) is 40.7 Å². The zero-order valence-corrected chi connectivity index (χ0v) is 14.1. The first kappa shape index (κ1) is 17.8. The second kappa shape index (κ2) is 8.27. The molecule has 22 heavy (non-hydrogen) atoms. The molecule has 1 aromatic carbocycles. The first-order valence-electron chi connectivity index (χ1n) is 7.51. The number of carbonyl (C=O) groups excluding carboxylic acids is 1. The lowest BCUT2D eigenvalue weighted by Gasteiger charge is -2.28. The lowest BCUT2D eigenvalue weighted by atomic mass is 9.86. The predicted molar refractivity (Wildman–Crippen MR) is 93.7 cm³/mol. The molecule has 4 heteroatoms. The van der Waals surface area contributed by atoms with Crippen LogP contribution in [0.25, 0.3) is 0 Å². The lowest BCUT2D eigenvalue weighted by Crippen LogP contribution is -2.36. The van der Waals surface area contributed by atoms with Gasteiger partial charge in [-0.1, -0.05) is 45.1 Å². The van der Waals surface area contributed by atoms with Crippen LogP contribution in [0.1, 0.15) is 33.3 Å². The van der Waals surface area contributed by atoms with Crippen molar-refractivity contribution >= 4 is 11.7 Å². The fourth-order valence-corrected chi connectivity index (χ4v) is 1.95. The smallest absolute Gasteiger partial charge is 0.323 e. The molecule has 120 valence electrons. The van der Waals surface area contributed by atoms with Gasteiger partial charge in [0.1, 0.15) is 0 Å². The van der Waals surface area contributed by atoms with Gasteiger partial charge in [-0.05, 0) is 37.0 Å². The summed E-state index contributed by atoms with van der Waals surface area (Å²) in [5.41, 5.74) is 1.98. The summed E-state index contributed by atoms with van der Waals surface area (Å²) >= 11 is 0. The van der Waals surface area contributed by atoms with Gasteiger partial charge in [-0.3, -0.25) is 0 Å². The highest BCUT2D eigenvalue weighted by Gasteiger charge is 2.20. The zero-order valence-electron chi connectivity index (χ0n) is 14.1. The Labute approximate surface area is 133 Å². The second-order valence-electron chi connectivity index (χ2n) is 6.34. The van der Waals surface area contributed by atoms with Gasteiger partial charge in [-0.2, -0.15) is 0 Å². The van der Waals surface area contributed by atoms with Gasteiger partial charge in [-0.15, -0.1) is 0 Å². The number of nitrogens with one attached hydrogen (secondary N) is 3. The Kier molecular flexibility index (Phi) is 6.70. The van der Waals surface area contributed by atoms with E-state index in [0.29, 0.717) is 0 Å². The van der Waals surface area contributed by atoms with Crippen molar-refractivity contribution in [3.63, 3.8) is 0 Å². The van der Waals surface area contributed by atoms with E-state index in [0.717, 1.165) is 11.3 Å². The minimum Gasteiger partial charge on any atom is -0.383 e. The van der Waals surface area contributed by atoms with Crippen LogP contribution in [0.4, 0.5) is 10.5 Å². The molecule has 0 fully saturated rings. The van der Waals surface area contributed by atoms with Crippen molar-refractivity contribution < 1.29 is 4.79 Å². The largest absolute Gasteiger partial charge is 0.383 e. The van der Waals surface area contributed by atoms with Crippen molar-refractivity contribution in [3.05, 3.63) is 54.4 Å². The highest BCUT2D eigenvalue weighted by Crippen LogP contribution is 2.20. The number of hydrogen-bond acceptors (Lipinski definition) is 2. The van der Waals surface area contributed by atoms with Crippen molar-refractivity contribution in [3.8, 4) is 0 Å². The second-order valence-corrected chi connectivity index (χ2v) is 6.34. The van der Waals surface area contributed by atoms with E-state index in [-0.39, 0.29) is 17.5 Å². The van der Waals surface area contributed by atoms with Crippen LogP contribution in [0.3, 0.4) is 0 Å². The van der Waals surface area contributed by atoms with Crippen molar-refractivity contribution in [2.75, 3.05) is 5.32 Å². The molecule has 0 aromatic heterocycles. The molecule has 0 bridgehead atoms. The molecule has 1 atom stereocenters. The predicted octanol–water partition coefficient (Wildman–Crippen LogP) is 4.17. The third-order valence-electron chi connectivity index (χ3n) is 3.17. The van der Waals surface area contributed by atoms with Gasteiger partial charge in [-0.25, -0.2) is 4.79 Å². The van der Waals surface area contributed by atoms with Gasteiger partial charge >= 0.3 is 6.03 Å². The molecule has 4 nitrogen and oxygen atoms in total. The highest BCUT2D eigenvalue weighted by molar-refractivity contribution is 5.89. The first-order valence-corrected chi connectivity index (χ1v) is 7.51. The number of carbonyl (C=O) groups is 1. The van der Waals surface area contributed by atoms with Crippen LogP contribution in [-0.2, 0) is 0 Å². The third-order valence-corrected chi connectivity index (χ3v) is 3.17. The van der Waals surface area contributed by atoms with Crippen molar-refractivity contribution in [2.24, 2.45) is 5.41 Å². The number of benzene rings is 1. The average Bonchev–Trinajstić information content (AvgIpc) is 2.41. The van der Waals surface area contributed by atoms with Gasteiger partial charge in [0.2, 0.25) is 0 Å². The summed E-state index contributed by atoms with van der Waals surface area (Å²) in [5.74, 6) is 0. The van der Waals surface area contributed by atoms with Gasteiger partial charge in [0.25, 0.3) is 0 Å². The molecule has 0 aliphatic rings. The third kappa shape index (κ3) is 6.48.